The molecule has 0 aliphatic heterocycles. The van der Waals surface area contributed by atoms with Crippen molar-refractivity contribution in [1.82, 2.24) is 9.97 Å². The molecule has 0 fully saturated rings. The Bertz CT molecular complexity index is 237. The van der Waals surface area contributed by atoms with Gasteiger partial charge < -0.3 is 5.11 Å². The molecule has 1 rings (SSSR count). The van der Waals surface area contributed by atoms with Gasteiger partial charge in [0.15, 0.2) is 0 Å². The van der Waals surface area contributed by atoms with Crippen LogP contribution in [-0.4, -0.2) is 15.1 Å². The summed E-state index contributed by atoms with van der Waals surface area (Å²) in [5, 5.41) is 9.43. The van der Waals surface area contributed by atoms with Crippen LogP contribution in [0, 0.1) is 6.92 Å². The highest BCUT2D eigenvalue weighted by Crippen LogP contribution is 2.16. The number of aliphatic hydroxyl groups is 1. The summed E-state index contributed by atoms with van der Waals surface area (Å²) >= 11 is 0. The van der Waals surface area contributed by atoms with Crippen LogP contribution >= 0.6 is 0 Å². The Hall–Kier alpha value is -0.960. The fourth-order valence-electron chi connectivity index (χ4n) is 0.949. The highest BCUT2D eigenvalue weighted by molar-refractivity contribution is 5.16. The molecule has 1 heterocycles. The summed E-state index contributed by atoms with van der Waals surface area (Å²) < 4.78 is 0. The van der Waals surface area contributed by atoms with Gasteiger partial charge in [0.05, 0.1) is 6.10 Å². The zero-order valence-corrected chi connectivity index (χ0v) is 6.78. The molecule has 0 radical (unpaired) electrons. The highest BCUT2D eigenvalue weighted by Gasteiger charge is 2.07. The van der Waals surface area contributed by atoms with Crippen LogP contribution in [0.2, 0.25) is 0 Å². The Balaban J connectivity index is 2.93. The normalized spacial score (nSPS) is 13.0. The molecule has 0 bridgehead atoms. The Labute approximate surface area is 66.1 Å². The molecule has 0 aliphatic carbocycles. The number of aromatic nitrogens is 2. The van der Waals surface area contributed by atoms with E-state index in [-0.39, 0.29) is 0 Å². The lowest BCUT2D eigenvalue weighted by Crippen LogP contribution is -2.00. The Kier molecular flexibility index (Phi) is 2.54. The van der Waals surface area contributed by atoms with Crippen molar-refractivity contribution < 1.29 is 5.11 Å². The van der Waals surface area contributed by atoms with Crippen molar-refractivity contribution in [1.29, 1.82) is 0 Å². The Morgan fingerprint density at radius 2 is 2.36 bits per heavy atom. The number of hydrogen-bond donors (Lipinski definition) is 1. The molecule has 0 saturated carbocycles. The van der Waals surface area contributed by atoms with E-state index in [1.807, 2.05) is 13.8 Å². The van der Waals surface area contributed by atoms with E-state index in [9.17, 15) is 5.11 Å². The van der Waals surface area contributed by atoms with Crippen molar-refractivity contribution in [2.24, 2.45) is 0 Å². The average Bonchev–Trinajstić information content (AvgIpc) is 2.04. The van der Waals surface area contributed by atoms with Crippen molar-refractivity contribution in [3.8, 4) is 0 Å². The van der Waals surface area contributed by atoms with Gasteiger partial charge in [0.25, 0.3) is 0 Å². The second-order valence-electron chi connectivity index (χ2n) is 2.49. The van der Waals surface area contributed by atoms with Gasteiger partial charge in [0.1, 0.15) is 6.33 Å². The molecule has 11 heavy (non-hydrogen) atoms. The molecular formula is C8H12N2O. The number of rotatable bonds is 2. The molecule has 3 nitrogen and oxygen atoms in total. The van der Waals surface area contributed by atoms with Crippen molar-refractivity contribution in [3.05, 3.63) is 23.8 Å². The van der Waals surface area contributed by atoms with Gasteiger partial charge in [-0.1, -0.05) is 6.92 Å². The van der Waals surface area contributed by atoms with Gasteiger partial charge >= 0.3 is 0 Å². The summed E-state index contributed by atoms with van der Waals surface area (Å²) in [6.45, 7) is 3.80. The second kappa shape index (κ2) is 3.44. The molecule has 1 N–H and O–H groups in total. The fraction of sp³-hybridized carbons (Fsp3) is 0.500. The molecule has 0 aromatic carbocycles. The maximum atomic E-state index is 9.43. The zero-order chi connectivity index (χ0) is 8.27. The minimum absolute atomic E-state index is 0.420. The lowest BCUT2D eigenvalue weighted by atomic mass is 10.1. The smallest absolute Gasteiger partial charge is 0.115 e. The first kappa shape index (κ1) is 8.14. The summed E-state index contributed by atoms with van der Waals surface area (Å²) in [4.78, 5) is 7.82. The highest BCUT2D eigenvalue weighted by atomic mass is 16.3. The molecule has 0 spiro atoms. The fourth-order valence-corrected chi connectivity index (χ4v) is 0.949. The summed E-state index contributed by atoms with van der Waals surface area (Å²) in [5.41, 5.74) is 1.68. The van der Waals surface area contributed by atoms with E-state index in [0.29, 0.717) is 6.42 Å². The standard InChI is InChI=1S/C8H12N2O/c1-3-8(11)7-4-9-5-10-6(7)2/h4-5,8,11H,3H2,1-2H3/t8-/m0/s1. The first-order chi connectivity index (χ1) is 5.25. The Morgan fingerprint density at radius 1 is 1.64 bits per heavy atom. The average molecular weight is 152 g/mol. The molecule has 1 atom stereocenters. The van der Waals surface area contributed by atoms with Gasteiger partial charge in [-0.25, -0.2) is 9.97 Å². The van der Waals surface area contributed by atoms with Gasteiger partial charge in [-0.05, 0) is 13.3 Å². The lowest BCUT2D eigenvalue weighted by Gasteiger charge is -2.08. The van der Waals surface area contributed by atoms with E-state index in [1.165, 1.54) is 6.33 Å². The predicted molar refractivity (Wildman–Crippen MR) is 42.0 cm³/mol. The maximum absolute atomic E-state index is 9.43. The van der Waals surface area contributed by atoms with Crippen LogP contribution in [0.25, 0.3) is 0 Å². The Morgan fingerprint density at radius 3 is 2.91 bits per heavy atom. The van der Waals surface area contributed by atoms with E-state index in [0.717, 1.165) is 11.3 Å². The summed E-state index contributed by atoms with van der Waals surface area (Å²) in [6.07, 6.45) is 3.43. The van der Waals surface area contributed by atoms with Crippen LogP contribution < -0.4 is 0 Å². The summed E-state index contributed by atoms with van der Waals surface area (Å²) in [6, 6.07) is 0. The molecule has 0 saturated heterocycles. The molecule has 0 unspecified atom stereocenters. The molecule has 0 aliphatic rings. The van der Waals surface area contributed by atoms with Crippen molar-refractivity contribution >= 4 is 0 Å². The van der Waals surface area contributed by atoms with Crippen LogP contribution in [0.1, 0.15) is 30.7 Å². The third-order valence-corrected chi connectivity index (χ3v) is 1.70. The van der Waals surface area contributed by atoms with Gasteiger partial charge in [0.2, 0.25) is 0 Å². The van der Waals surface area contributed by atoms with Gasteiger partial charge in [-0.3, -0.25) is 0 Å². The van der Waals surface area contributed by atoms with Gasteiger partial charge in [-0.15, -0.1) is 0 Å². The minimum atomic E-state index is -0.420. The molecule has 1 aromatic rings. The second-order valence-corrected chi connectivity index (χ2v) is 2.49. The zero-order valence-electron chi connectivity index (χ0n) is 6.78. The quantitative estimate of drug-likeness (QED) is 0.693. The van der Waals surface area contributed by atoms with E-state index >= 15 is 0 Å². The maximum Gasteiger partial charge on any atom is 0.115 e. The predicted octanol–water partition coefficient (Wildman–Crippen LogP) is 1.23. The number of aryl methyl sites for hydroxylation is 1. The number of aliphatic hydroxyl groups excluding tert-OH is 1. The monoisotopic (exact) mass is 152 g/mol. The van der Waals surface area contributed by atoms with Crippen LogP contribution in [0.5, 0.6) is 0 Å². The van der Waals surface area contributed by atoms with Crippen LogP contribution in [0.3, 0.4) is 0 Å². The van der Waals surface area contributed by atoms with E-state index < -0.39 is 6.10 Å². The van der Waals surface area contributed by atoms with Crippen molar-refractivity contribution in [3.63, 3.8) is 0 Å². The van der Waals surface area contributed by atoms with Crippen LogP contribution in [-0.2, 0) is 0 Å². The first-order valence-corrected chi connectivity index (χ1v) is 3.70. The van der Waals surface area contributed by atoms with Gasteiger partial charge in [0, 0.05) is 17.5 Å². The molecule has 0 amide bonds. The van der Waals surface area contributed by atoms with E-state index in [1.54, 1.807) is 6.20 Å². The van der Waals surface area contributed by atoms with E-state index in [2.05, 4.69) is 9.97 Å². The molecular weight excluding hydrogens is 140 g/mol. The first-order valence-electron chi connectivity index (χ1n) is 3.70. The van der Waals surface area contributed by atoms with Crippen LogP contribution in [0.4, 0.5) is 0 Å². The summed E-state index contributed by atoms with van der Waals surface area (Å²) in [5.74, 6) is 0. The topological polar surface area (TPSA) is 46.0 Å². The summed E-state index contributed by atoms with van der Waals surface area (Å²) in [7, 11) is 0. The molecule has 1 aromatic heterocycles. The minimum Gasteiger partial charge on any atom is -0.388 e. The third kappa shape index (κ3) is 1.74. The van der Waals surface area contributed by atoms with E-state index in [4.69, 9.17) is 0 Å². The van der Waals surface area contributed by atoms with Gasteiger partial charge in [-0.2, -0.15) is 0 Å². The lowest BCUT2D eigenvalue weighted by molar-refractivity contribution is 0.172. The number of hydrogen-bond acceptors (Lipinski definition) is 3. The molecule has 60 valence electrons. The molecule has 3 heteroatoms. The SMILES string of the molecule is CC[C@H](O)c1cncnc1C. The largest absolute Gasteiger partial charge is 0.388 e. The number of nitrogens with zero attached hydrogens (tertiary/aromatic N) is 2. The van der Waals surface area contributed by atoms with Crippen LogP contribution in [0.15, 0.2) is 12.5 Å². The van der Waals surface area contributed by atoms with Crippen molar-refractivity contribution in [2.45, 2.75) is 26.4 Å². The van der Waals surface area contributed by atoms with Crippen molar-refractivity contribution in [2.75, 3.05) is 0 Å². The third-order valence-electron chi connectivity index (χ3n) is 1.70.